The van der Waals surface area contributed by atoms with E-state index in [9.17, 15) is 24.0 Å². The molecule has 6 aliphatic rings. The van der Waals surface area contributed by atoms with Crippen molar-refractivity contribution in [2.75, 3.05) is 42.5 Å². The van der Waals surface area contributed by atoms with E-state index in [-0.39, 0.29) is 30.2 Å². The van der Waals surface area contributed by atoms with Gasteiger partial charge in [0.2, 0.25) is 17.5 Å². The van der Waals surface area contributed by atoms with Gasteiger partial charge in [0, 0.05) is 86.3 Å². The summed E-state index contributed by atoms with van der Waals surface area (Å²) in [5.41, 5.74) is 6.35. The smallest absolute Gasteiger partial charge is 0.262 e. The minimum Gasteiger partial charge on any atom is -0.371 e. The normalized spacial score (nSPS) is 23.6. The third-order valence-electron chi connectivity index (χ3n) is 13.5. The largest absolute Gasteiger partial charge is 0.371 e. The molecule has 5 amide bonds. The van der Waals surface area contributed by atoms with Crippen LogP contribution in [0.5, 0.6) is 0 Å². The van der Waals surface area contributed by atoms with Gasteiger partial charge in [-0.2, -0.15) is 0 Å². The Hall–Kier alpha value is -5.25. The van der Waals surface area contributed by atoms with Gasteiger partial charge in [0.1, 0.15) is 6.04 Å². The molecule has 57 heavy (non-hydrogen) atoms. The molecule has 4 saturated heterocycles. The first-order chi connectivity index (χ1) is 27.5. The van der Waals surface area contributed by atoms with E-state index >= 15 is 0 Å². The van der Waals surface area contributed by atoms with Gasteiger partial charge in [0.05, 0.1) is 17.7 Å². The summed E-state index contributed by atoms with van der Waals surface area (Å²) in [4.78, 5) is 78.3. The molecular formula is C44H46ClN7O5. The van der Waals surface area contributed by atoms with E-state index in [4.69, 9.17) is 18.2 Å². The van der Waals surface area contributed by atoms with Crippen LogP contribution in [0.15, 0.2) is 54.6 Å². The number of piperidine rings is 3. The second-order valence-electron chi connectivity index (χ2n) is 16.7. The quantitative estimate of drug-likeness (QED) is 0.233. The minimum absolute atomic E-state index is 0.0533. The topological polar surface area (TPSA) is 118 Å². The first kappa shape index (κ1) is 37.3. The number of anilines is 2. The zero-order valence-electron chi connectivity index (χ0n) is 32.1. The monoisotopic (exact) mass is 787 g/mol. The van der Waals surface area contributed by atoms with E-state index in [1.807, 2.05) is 47.4 Å². The summed E-state index contributed by atoms with van der Waals surface area (Å²) >= 11 is 6.43. The van der Waals surface area contributed by atoms with Crippen molar-refractivity contribution in [3.05, 3.63) is 98.9 Å². The number of halogens is 1. The number of benzene rings is 3. The van der Waals surface area contributed by atoms with Gasteiger partial charge in [0.25, 0.3) is 17.7 Å². The highest BCUT2D eigenvalue weighted by molar-refractivity contribution is 6.33. The molecule has 1 N–H and O–H groups in total. The Labute approximate surface area is 337 Å². The van der Waals surface area contributed by atoms with E-state index in [1.54, 1.807) is 0 Å². The molecule has 6 heterocycles. The summed E-state index contributed by atoms with van der Waals surface area (Å²) in [6, 6.07) is 17.3. The predicted octanol–water partition coefficient (Wildman–Crippen LogP) is 6.19. The van der Waals surface area contributed by atoms with E-state index < -0.39 is 29.7 Å². The van der Waals surface area contributed by atoms with Crippen LogP contribution in [-0.2, 0) is 22.7 Å². The molecule has 294 valence electrons. The number of rotatable bonds is 6. The molecule has 3 aromatic rings. The molecule has 12 nitrogen and oxygen atoms in total. The van der Waals surface area contributed by atoms with E-state index in [1.165, 1.54) is 0 Å². The highest BCUT2D eigenvalue weighted by Gasteiger charge is 2.47. The fourth-order valence-corrected chi connectivity index (χ4v) is 10.5. The number of hydrogen-bond donors (Lipinski definition) is 1. The molecule has 0 aromatic heterocycles. The number of amides is 5. The average Bonchev–Trinajstić information content (AvgIpc) is 3.88. The van der Waals surface area contributed by atoms with Crippen LogP contribution in [0.4, 0.5) is 17.1 Å². The van der Waals surface area contributed by atoms with Crippen molar-refractivity contribution < 1.29 is 24.0 Å². The van der Waals surface area contributed by atoms with Gasteiger partial charge >= 0.3 is 0 Å². The van der Waals surface area contributed by atoms with Crippen LogP contribution in [0.1, 0.15) is 100 Å². The first-order valence-electron chi connectivity index (χ1n) is 20.2. The SMILES string of the molecule is [C-]#[N+]c1ccc(N2CC3(CCN(c4ccc(C(=O)N5CCC(N6Cc7cc8c(cc7C6)C(=O)N(C6CCC(=O)NC6=O)C8=O)CC5)cc4)CC3)C[C@@H]2CC)cc1Cl. The summed E-state index contributed by atoms with van der Waals surface area (Å²) in [6.45, 7) is 15.2. The van der Waals surface area contributed by atoms with Crippen molar-refractivity contribution in [3.8, 4) is 0 Å². The van der Waals surface area contributed by atoms with Gasteiger partial charge in [-0.25, -0.2) is 4.85 Å². The predicted molar refractivity (Wildman–Crippen MR) is 215 cm³/mol. The molecule has 13 heteroatoms. The maximum atomic E-state index is 13.6. The summed E-state index contributed by atoms with van der Waals surface area (Å²) in [5.74, 6) is -1.91. The summed E-state index contributed by atoms with van der Waals surface area (Å²) in [6.07, 6.45) is 6.33. The van der Waals surface area contributed by atoms with Gasteiger partial charge in [-0.1, -0.05) is 24.6 Å². The van der Waals surface area contributed by atoms with E-state index in [0.29, 0.717) is 59.6 Å². The fourth-order valence-electron chi connectivity index (χ4n) is 10.3. The highest BCUT2D eigenvalue weighted by atomic mass is 35.5. The van der Waals surface area contributed by atoms with Gasteiger partial charge in [-0.05, 0) is 110 Å². The lowest BCUT2D eigenvalue weighted by atomic mass is 9.76. The van der Waals surface area contributed by atoms with Gasteiger partial charge < -0.3 is 14.7 Å². The number of carbonyl (C=O) groups is 5. The Morgan fingerprint density at radius 3 is 2.12 bits per heavy atom. The second kappa shape index (κ2) is 14.6. The van der Waals surface area contributed by atoms with Crippen LogP contribution in [-0.4, -0.2) is 95.1 Å². The van der Waals surface area contributed by atoms with Gasteiger partial charge in [0.15, 0.2) is 0 Å². The summed E-state index contributed by atoms with van der Waals surface area (Å²) in [5, 5.41) is 2.76. The molecule has 2 atom stereocenters. The fraction of sp³-hybridized carbons (Fsp3) is 0.455. The lowest BCUT2D eigenvalue weighted by Crippen LogP contribution is -2.54. The standard InChI is InChI=1S/C44H46ClN7O5/c1-3-30-23-44(26-51(30)33-8-9-37(46-2)36(45)22-33)14-18-48(19-15-44)31-6-4-27(5-7-31)41(55)49-16-12-32(13-17-49)50-24-28-20-34-35(21-29(28)25-50)43(57)52(42(34)56)38-10-11-39(53)47-40(38)54/h4-9,20-22,30,32,38H,3,10-19,23-26H2,1H3,(H,47,53,54)/t30-,38?/m0/s1. The van der Waals surface area contributed by atoms with Crippen LogP contribution in [0, 0.1) is 12.0 Å². The Morgan fingerprint density at radius 1 is 0.877 bits per heavy atom. The zero-order chi connectivity index (χ0) is 39.6. The summed E-state index contributed by atoms with van der Waals surface area (Å²) < 4.78 is 0. The number of likely N-dealkylation sites (tertiary alicyclic amines) is 1. The van der Waals surface area contributed by atoms with Crippen LogP contribution in [0.3, 0.4) is 0 Å². The van der Waals surface area contributed by atoms with Gasteiger partial charge in [-0.15, -0.1) is 0 Å². The minimum atomic E-state index is -0.974. The third kappa shape index (κ3) is 6.64. The molecule has 4 fully saturated rings. The van der Waals surface area contributed by atoms with E-state index in [2.05, 4.69) is 43.9 Å². The van der Waals surface area contributed by atoms with Crippen molar-refractivity contribution >= 4 is 58.2 Å². The molecule has 9 rings (SSSR count). The molecule has 0 radical (unpaired) electrons. The molecule has 6 aliphatic heterocycles. The first-order valence-corrected chi connectivity index (χ1v) is 20.6. The van der Waals surface area contributed by atoms with Crippen LogP contribution >= 0.6 is 11.6 Å². The molecule has 0 bridgehead atoms. The molecule has 0 saturated carbocycles. The second-order valence-corrected chi connectivity index (χ2v) is 17.1. The van der Waals surface area contributed by atoms with Crippen molar-refractivity contribution in [2.45, 2.75) is 89.5 Å². The lowest BCUT2D eigenvalue weighted by Gasteiger charge is -2.40. The number of nitrogens with zero attached hydrogens (tertiary/aromatic N) is 6. The summed E-state index contributed by atoms with van der Waals surface area (Å²) in [7, 11) is 0. The number of fused-ring (bicyclic) bond motifs is 2. The Morgan fingerprint density at radius 2 is 1.53 bits per heavy atom. The molecular weight excluding hydrogens is 742 g/mol. The molecule has 1 unspecified atom stereocenters. The Balaban J connectivity index is 0.770. The van der Waals surface area contributed by atoms with Crippen LogP contribution in [0.2, 0.25) is 5.02 Å². The lowest BCUT2D eigenvalue weighted by molar-refractivity contribution is -0.136. The number of nitrogens with one attached hydrogen (secondary N) is 1. The Bertz CT molecular complexity index is 2180. The number of carbonyl (C=O) groups excluding carboxylic acids is 5. The van der Waals surface area contributed by atoms with Gasteiger partial charge in [-0.3, -0.25) is 39.1 Å². The molecule has 0 aliphatic carbocycles. The average molecular weight is 788 g/mol. The third-order valence-corrected chi connectivity index (χ3v) is 13.9. The maximum Gasteiger partial charge on any atom is 0.262 e. The zero-order valence-corrected chi connectivity index (χ0v) is 32.9. The van der Waals surface area contributed by atoms with Crippen molar-refractivity contribution in [3.63, 3.8) is 0 Å². The Kier molecular flexibility index (Phi) is 9.56. The van der Waals surface area contributed by atoms with Crippen LogP contribution < -0.4 is 15.1 Å². The molecule has 3 aromatic carbocycles. The van der Waals surface area contributed by atoms with Crippen molar-refractivity contribution in [2.24, 2.45) is 5.41 Å². The molecule has 1 spiro atoms. The van der Waals surface area contributed by atoms with Crippen molar-refractivity contribution in [1.29, 1.82) is 0 Å². The highest BCUT2D eigenvalue weighted by Crippen LogP contribution is 2.47. The maximum absolute atomic E-state index is 13.6. The number of hydrogen-bond acceptors (Lipinski definition) is 8. The van der Waals surface area contributed by atoms with Crippen molar-refractivity contribution in [1.82, 2.24) is 20.0 Å². The van der Waals surface area contributed by atoms with E-state index in [0.717, 1.165) is 85.6 Å². The van der Waals surface area contributed by atoms with Crippen LogP contribution in [0.25, 0.3) is 4.85 Å². The number of imide groups is 2.